The zero-order chi connectivity index (χ0) is 7.94. The number of hydrogen-bond donors (Lipinski definition) is 0. The van der Waals surface area contributed by atoms with Crippen LogP contribution in [0.15, 0.2) is 22.8 Å². The van der Waals surface area contributed by atoms with Gasteiger partial charge in [-0.25, -0.2) is 0 Å². The van der Waals surface area contributed by atoms with Gasteiger partial charge in [0.1, 0.15) is 0 Å². The summed E-state index contributed by atoms with van der Waals surface area (Å²) in [6.07, 6.45) is 2.02. The molecular formula is C8H10Cl2Hf. The maximum Gasteiger partial charge on any atom is 0.160 e. The average Bonchev–Trinajstić information content (AvgIpc) is 1.97. The van der Waals surface area contributed by atoms with E-state index in [1.807, 2.05) is 26.8 Å². The third-order valence-electron chi connectivity index (χ3n) is 1.99. The monoisotopic (exact) mass is 356 g/mol. The van der Waals surface area contributed by atoms with Gasteiger partial charge in [-0.3, -0.25) is 0 Å². The van der Waals surface area contributed by atoms with E-state index in [0.29, 0.717) is 0 Å². The van der Waals surface area contributed by atoms with Crippen molar-refractivity contribution >= 4 is 23.2 Å². The van der Waals surface area contributed by atoms with Crippen molar-refractivity contribution in [3.8, 4) is 0 Å². The first-order valence-electron chi connectivity index (χ1n) is 3.21. The number of alkyl halides is 2. The number of hydrogen-bond acceptors (Lipinski definition) is 0. The molecule has 11 heavy (non-hydrogen) atoms. The standard InChI is InChI=1S/C8H10Cl2.Hf/c1-5-4-6(2)8(9,10)7(5)3;/h4H,1-3H3;. The predicted octanol–water partition coefficient (Wildman–Crippen LogP) is 3.45. The van der Waals surface area contributed by atoms with Crippen LogP contribution in [0, 0.1) is 0 Å². The van der Waals surface area contributed by atoms with E-state index < -0.39 is 4.33 Å². The Bertz CT molecular complexity index is 226. The third-order valence-corrected chi connectivity index (χ3v) is 3.15. The van der Waals surface area contributed by atoms with Crippen LogP contribution < -0.4 is 0 Å². The number of allylic oxidation sites excluding steroid dienone is 4. The Labute approximate surface area is 96.4 Å². The van der Waals surface area contributed by atoms with E-state index in [0.717, 1.165) is 11.1 Å². The fraction of sp³-hybridized carbons (Fsp3) is 0.500. The molecule has 0 nitrogen and oxygen atoms in total. The summed E-state index contributed by atoms with van der Waals surface area (Å²) in [7, 11) is 0. The van der Waals surface area contributed by atoms with Crippen molar-refractivity contribution in [1.82, 2.24) is 0 Å². The fourth-order valence-electron chi connectivity index (χ4n) is 1.07. The summed E-state index contributed by atoms with van der Waals surface area (Å²) in [5, 5.41) is 0. The first-order chi connectivity index (χ1) is 4.46. The Hall–Kier alpha value is 0.930. The molecule has 0 heterocycles. The zero-order valence-electron chi connectivity index (χ0n) is 6.83. The second-order valence-corrected chi connectivity index (χ2v) is 4.04. The zero-order valence-corrected chi connectivity index (χ0v) is 11.9. The van der Waals surface area contributed by atoms with Gasteiger partial charge in [-0.2, -0.15) is 0 Å². The van der Waals surface area contributed by atoms with Gasteiger partial charge in [0, 0.05) is 25.8 Å². The van der Waals surface area contributed by atoms with Crippen molar-refractivity contribution in [2.45, 2.75) is 25.1 Å². The summed E-state index contributed by atoms with van der Waals surface area (Å²) in [6.45, 7) is 5.92. The molecule has 0 unspecified atom stereocenters. The smallest absolute Gasteiger partial charge is 0.0916 e. The first-order valence-corrected chi connectivity index (χ1v) is 3.96. The van der Waals surface area contributed by atoms with Gasteiger partial charge in [0.15, 0.2) is 4.33 Å². The second kappa shape index (κ2) is 3.76. The van der Waals surface area contributed by atoms with Gasteiger partial charge in [-0.1, -0.05) is 29.3 Å². The van der Waals surface area contributed by atoms with Crippen LogP contribution in [0.2, 0.25) is 0 Å². The second-order valence-electron chi connectivity index (χ2n) is 2.71. The van der Waals surface area contributed by atoms with Crippen molar-refractivity contribution in [2.75, 3.05) is 0 Å². The summed E-state index contributed by atoms with van der Waals surface area (Å²) in [5.41, 5.74) is 3.25. The quantitative estimate of drug-likeness (QED) is 0.461. The summed E-state index contributed by atoms with van der Waals surface area (Å²) in [6, 6.07) is 0. The van der Waals surface area contributed by atoms with Gasteiger partial charge in [0.25, 0.3) is 0 Å². The van der Waals surface area contributed by atoms with E-state index in [1.165, 1.54) is 5.57 Å². The third kappa shape index (κ3) is 1.99. The molecule has 3 heteroatoms. The molecule has 0 aromatic heterocycles. The van der Waals surface area contributed by atoms with Crippen LogP contribution in [0.5, 0.6) is 0 Å². The Kier molecular flexibility index (Phi) is 4.08. The summed E-state index contributed by atoms with van der Waals surface area (Å²) in [5.74, 6) is 0. The molecule has 0 N–H and O–H groups in total. The van der Waals surface area contributed by atoms with Gasteiger partial charge in [0.2, 0.25) is 0 Å². The largest absolute Gasteiger partial charge is 0.160 e. The first kappa shape index (κ1) is 11.9. The minimum atomic E-state index is -0.732. The molecule has 1 rings (SSSR count). The van der Waals surface area contributed by atoms with Gasteiger partial charge >= 0.3 is 0 Å². The molecule has 1 aliphatic carbocycles. The summed E-state index contributed by atoms with van der Waals surface area (Å²) in [4.78, 5) is 0. The van der Waals surface area contributed by atoms with Crippen LogP contribution in [0.3, 0.4) is 0 Å². The molecule has 60 valence electrons. The van der Waals surface area contributed by atoms with Crippen LogP contribution in [-0.4, -0.2) is 4.33 Å². The molecule has 0 aromatic rings. The van der Waals surface area contributed by atoms with E-state index in [9.17, 15) is 0 Å². The van der Waals surface area contributed by atoms with E-state index in [1.54, 1.807) is 0 Å². The molecule has 0 saturated carbocycles. The van der Waals surface area contributed by atoms with Crippen molar-refractivity contribution in [3.63, 3.8) is 0 Å². The Morgan fingerprint density at radius 1 is 1.18 bits per heavy atom. The molecule has 1 aliphatic rings. The van der Waals surface area contributed by atoms with Crippen LogP contribution in [-0.2, 0) is 25.8 Å². The van der Waals surface area contributed by atoms with Gasteiger partial charge < -0.3 is 0 Å². The maximum atomic E-state index is 6.00. The van der Waals surface area contributed by atoms with Crippen LogP contribution >= 0.6 is 23.2 Å². The average molecular weight is 356 g/mol. The summed E-state index contributed by atoms with van der Waals surface area (Å²) < 4.78 is -0.732. The Morgan fingerprint density at radius 3 is 1.73 bits per heavy atom. The molecule has 0 aromatic carbocycles. The Balaban J connectivity index is 0.000001000. The molecule has 0 atom stereocenters. The van der Waals surface area contributed by atoms with Crippen molar-refractivity contribution in [2.24, 2.45) is 0 Å². The topological polar surface area (TPSA) is 0 Å². The molecule has 0 saturated heterocycles. The predicted molar refractivity (Wildman–Crippen MR) is 46.6 cm³/mol. The molecule has 0 fully saturated rings. The fourth-order valence-corrected chi connectivity index (χ4v) is 1.47. The van der Waals surface area contributed by atoms with Gasteiger partial charge in [-0.15, -0.1) is 0 Å². The van der Waals surface area contributed by atoms with E-state index in [2.05, 4.69) is 0 Å². The van der Waals surface area contributed by atoms with Gasteiger partial charge in [-0.05, 0) is 37.5 Å². The van der Waals surface area contributed by atoms with E-state index >= 15 is 0 Å². The normalized spacial score (nSPS) is 21.4. The molecule has 0 aliphatic heterocycles. The number of halogens is 2. The summed E-state index contributed by atoms with van der Waals surface area (Å²) >= 11 is 12.0. The SMILES string of the molecule is CC1=CC(C)=C(C)C1(Cl)Cl.[Hf]. The van der Waals surface area contributed by atoms with Crippen LogP contribution in [0.25, 0.3) is 0 Å². The van der Waals surface area contributed by atoms with Crippen LogP contribution in [0.4, 0.5) is 0 Å². The minimum absolute atomic E-state index is 0. The molecule has 0 spiro atoms. The minimum Gasteiger partial charge on any atom is -0.0916 e. The molecule has 0 bridgehead atoms. The maximum absolute atomic E-state index is 6.00. The van der Waals surface area contributed by atoms with Crippen molar-refractivity contribution < 1.29 is 25.8 Å². The van der Waals surface area contributed by atoms with E-state index in [4.69, 9.17) is 23.2 Å². The van der Waals surface area contributed by atoms with Gasteiger partial charge in [0.05, 0.1) is 0 Å². The Morgan fingerprint density at radius 2 is 1.64 bits per heavy atom. The molecule has 0 amide bonds. The van der Waals surface area contributed by atoms with E-state index in [-0.39, 0.29) is 25.8 Å². The molecular weight excluding hydrogens is 345 g/mol. The van der Waals surface area contributed by atoms with Crippen molar-refractivity contribution in [3.05, 3.63) is 22.8 Å². The van der Waals surface area contributed by atoms with Crippen LogP contribution in [0.1, 0.15) is 20.8 Å². The van der Waals surface area contributed by atoms with Crippen molar-refractivity contribution in [1.29, 1.82) is 0 Å². The number of rotatable bonds is 0. The molecule has 0 radical (unpaired) electrons.